The van der Waals surface area contributed by atoms with Crippen LogP contribution in [0.3, 0.4) is 0 Å². The van der Waals surface area contributed by atoms with Gasteiger partial charge in [0.25, 0.3) is 0 Å². The lowest BCUT2D eigenvalue weighted by Gasteiger charge is -2.60. The van der Waals surface area contributed by atoms with E-state index in [1.807, 2.05) is 4.90 Å². The van der Waals surface area contributed by atoms with Crippen LogP contribution in [0.5, 0.6) is 5.75 Å². The molecule has 1 aromatic carbocycles. The van der Waals surface area contributed by atoms with Crippen LogP contribution in [0.1, 0.15) is 37.8 Å². The van der Waals surface area contributed by atoms with E-state index in [2.05, 4.69) is 36.9 Å². The molecule has 0 aromatic heterocycles. The van der Waals surface area contributed by atoms with Gasteiger partial charge in [-0.3, -0.25) is 9.69 Å². The van der Waals surface area contributed by atoms with Gasteiger partial charge in [0.1, 0.15) is 5.75 Å². The molecular formula is C18H26N2O2. The monoisotopic (exact) mass is 302 g/mol. The van der Waals surface area contributed by atoms with Crippen molar-refractivity contribution >= 4 is 5.91 Å². The number of methoxy groups -OCH3 is 1. The molecule has 3 rings (SSSR count). The summed E-state index contributed by atoms with van der Waals surface area (Å²) in [5.74, 6) is 1.71. The van der Waals surface area contributed by atoms with Crippen LogP contribution in [-0.2, 0) is 11.3 Å². The lowest BCUT2D eigenvalue weighted by atomic mass is 9.72. The molecule has 0 bridgehead atoms. The minimum absolute atomic E-state index is 0.204. The van der Waals surface area contributed by atoms with Crippen LogP contribution in [0, 0.1) is 5.41 Å². The van der Waals surface area contributed by atoms with Gasteiger partial charge in [0.2, 0.25) is 5.91 Å². The highest BCUT2D eigenvalue weighted by Gasteiger charge is 2.52. The average molecular weight is 302 g/mol. The molecule has 0 N–H and O–H groups in total. The van der Waals surface area contributed by atoms with Crippen molar-refractivity contribution in [1.82, 2.24) is 9.80 Å². The van der Waals surface area contributed by atoms with Crippen LogP contribution in [0.25, 0.3) is 0 Å². The van der Waals surface area contributed by atoms with E-state index in [1.165, 1.54) is 11.1 Å². The number of hydrogen-bond acceptors (Lipinski definition) is 3. The molecule has 2 aliphatic rings. The lowest BCUT2D eigenvalue weighted by molar-refractivity contribution is -0.157. The number of nitrogens with zero attached hydrogens (tertiary/aromatic N) is 2. The highest BCUT2D eigenvalue weighted by molar-refractivity contribution is 5.74. The van der Waals surface area contributed by atoms with E-state index in [-0.39, 0.29) is 5.91 Å². The Morgan fingerprint density at radius 1 is 1.27 bits per heavy atom. The number of benzene rings is 1. The number of carbonyl (C=O) groups is 1. The molecule has 2 heterocycles. The topological polar surface area (TPSA) is 32.8 Å². The van der Waals surface area contributed by atoms with E-state index in [4.69, 9.17) is 4.74 Å². The van der Waals surface area contributed by atoms with Crippen LogP contribution >= 0.6 is 0 Å². The van der Waals surface area contributed by atoms with Crippen molar-refractivity contribution in [2.24, 2.45) is 5.41 Å². The number of carbonyl (C=O) groups excluding carboxylic acids is 1. The molecule has 2 saturated heterocycles. The molecule has 1 amide bonds. The van der Waals surface area contributed by atoms with Crippen LogP contribution in [0.4, 0.5) is 0 Å². The van der Waals surface area contributed by atoms with Crippen molar-refractivity contribution in [2.75, 3.05) is 33.3 Å². The molecule has 2 fully saturated rings. The number of amides is 1. The fourth-order valence-corrected chi connectivity index (χ4v) is 3.69. The van der Waals surface area contributed by atoms with Gasteiger partial charge in [-0.05, 0) is 17.5 Å². The number of rotatable bonds is 4. The van der Waals surface area contributed by atoms with Crippen LogP contribution in [0.15, 0.2) is 18.2 Å². The Morgan fingerprint density at radius 3 is 2.50 bits per heavy atom. The quantitative estimate of drug-likeness (QED) is 0.856. The summed E-state index contributed by atoms with van der Waals surface area (Å²) in [4.78, 5) is 15.7. The minimum Gasteiger partial charge on any atom is -0.496 e. The van der Waals surface area contributed by atoms with Gasteiger partial charge in [-0.25, -0.2) is 0 Å². The molecule has 4 heteroatoms. The standard InChI is InChI=1S/C18H26N2O2/c1-13(2)15-5-6-16(17(7-15)22-4)8-19-9-18(10-19)11-20(12-18)14(3)21/h5-7,13H,8-12H2,1-4H3. The Bertz CT molecular complexity index is 568. The summed E-state index contributed by atoms with van der Waals surface area (Å²) in [7, 11) is 1.75. The molecule has 0 unspecified atom stereocenters. The predicted octanol–water partition coefficient (Wildman–Crippen LogP) is 2.48. The Labute approximate surface area is 133 Å². The van der Waals surface area contributed by atoms with Gasteiger partial charge in [-0.15, -0.1) is 0 Å². The number of hydrogen-bond donors (Lipinski definition) is 0. The Hall–Kier alpha value is -1.55. The molecule has 2 aliphatic heterocycles. The van der Waals surface area contributed by atoms with Crippen molar-refractivity contribution in [3.8, 4) is 5.75 Å². The number of likely N-dealkylation sites (tertiary alicyclic amines) is 2. The van der Waals surface area contributed by atoms with E-state index < -0.39 is 0 Å². The molecule has 0 radical (unpaired) electrons. The Kier molecular flexibility index (Phi) is 3.89. The van der Waals surface area contributed by atoms with Crippen molar-refractivity contribution in [2.45, 2.75) is 33.2 Å². The summed E-state index contributed by atoms with van der Waals surface area (Å²) >= 11 is 0. The highest BCUT2D eigenvalue weighted by atomic mass is 16.5. The summed E-state index contributed by atoms with van der Waals surface area (Å²) in [5, 5.41) is 0. The first-order valence-electron chi connectivity index (χ1n) is 8.07. The van der Waals surface area contributed by atoms with Gasteiger partial charge in [-0.2, -0.15) is 0 Å². The molecule has 0 saturated carbocycles. The van der Waals surface area contributed by atoms with Gasteiger partial charge < -0.3 is 9.64 Å². The number of ether oxygens (including phenoxy) is 1. The fraction of sp³-hybridized carbons (Fsp3) is 0.611. The minimum atomic E-state index is 0.204. The van der Waals surface area contributed by atoms with Crippen LogP contribution < -0.4 is 4.74 Å². The average Bonchev–Trinajstić information content (AvgIpc) is 2.39. The van der Waals surface area contributed by atoms with Gasteiger partial charge in [0.15, 0.2) is 0 Å². The van der Waals surface area contributed by atoms with Crippen LogP contribution in [0.2, 0.25) is 0 Å². The SMILES string of the molecule is COc1cc(C(C)C)ccc1CN1CC2(C1)CN(C(C)=O)C2. The van der Waals surface area contributed by atoms with Gasteiger partial charge in [0, 0.05) is 50.6 Å². The smallest absolute Gasteiger partial charge is 0.219 e. The maximum atomic E-state index is 11.3. The van der Waals surface area contributed by atoms with Crippen molar-refractivity contribution in [3.05, 3.63) is 29.3 Å². The van der Waals surface area contributed by atoms with Crippen LogP contribution in [-0.4, -0.2) is 49.0 Å². The summed E-state index contributed by atoms with van der Waals surface area (Å²) in [6, 6.07) is 6.57. The van der Waals surface area contributed by atoms with Crippen molar-refractivity contribution in [3.63, 3.8) is 0 Å². The third kappa shape index (κ3) is 2.72. The molecule has 22 heavy (non-hydrogen) atoms. The summed E-state index contributed by atoms with van der Waals surface area (Å²) in [5.41, 5.74) is 2.94. The molecular weight excluding hydrogens is 276 g/mol. The first-order valence-corrected chi connectivity index (χ1v) is 8.07. The fourth-order valence-electron chi connectivity index (χ4n) is 3.69. The van der Waals surface area contributed by atoms with Gasteiger partial charge in [-0.1, -0.05) is 26.0 Å². The molecule has 120 valence electrons. The Morgan fingerprint density at radius 2 is 1.95 bits per heavy atom. The van der Waals surface area contributed by atoms with E-state index in [0.717, 1.165) is 38.5 Å². The maximum absolute atomic E-state index is 11.3. The summed E-state index contributed by atoms with van der Waals surface area (Å²) in [6.45, 7) is 11.0. The van der Waals surface area contributed by atoms with Crippen molar-refractivity contribution in [1.29, 1.82) is 0 Å². The third-order valence-corrected chi connectivity index (χ3v) is 4.99. The highest BCUT2D eigenvalue weighted by Crippen LogP contribution is 2.40. The molecule has 0 aliphatic carbocycles. The zero-order valence-electron chi connectivity index (χ0n) is 14.1. The second-order valence-corrected chi connectivity index (χ2v) is 7.25. The third-order valence-electron chi connectivity index (χ3n) is 4.99. The summed E-state index contributed by atoms with van der Waals surface area (Å²) < 4.78 is 5.57. The molecule has 4 nitrogen and oxygen atoms in total. The molecule has 1 aromatic rings. The second-order valence-electron chi connectivity index (χ2n) is 7.25. The first kappa shape index (κ1) is 15.3. The first-order chi connectivity index (χ1) is 10.4. The predicted molar refractivity (Wildman–Crippen MR) is 87.0 cm³/mol. The van der Waals surface area contributed by atoms with Crippen molar-refractivity contribution < 1.29 is 9.53 Å². The Balaban J connectivity index is 1.58. The van der Waals surface area contributed by atoms with E-state index in [0.29, 0.717) is 11.3 Å². The second kappa shape index (κ2) is 5.58. The summed E-state index contributed by atoms with van der Waals surface area (Å²) in [6.07, 6.45) is 0. The lowest BCUT2D eigenvalue weighted by Crippen LogP contribution is -2.72. The molecule has 0 atom stereocenters. The zero-order chi connectivity index (χ0) is 15.9. The van der Waals surface area contributed by atoms with E-state index >= 15 is 0 Å². The maximum Gasteiger partial charge on any atom is 0.219 e. The zero-order valence-corrected chi connectivity index (χ0v) is 14.1. The molecule has 1 spiro atoms. The largest absolute Gasteiger partial charge is 0.496 e. The van der Waals surface area contributed by atoms with E-state index in [9.17, 15) is 4.79 Å². The van der Waals surface area contributed by atoms with E-state index in [1.54, 1.807) is 14.0 Å². The van der Waals surface area contributed by atoms with Gasteiger partial charge in [0.05, 0.1) is 7.11 Å². The van der Waals surface area contributed by atoms with Gasteiger partial charge >= 0.3 is 0 Å². The normalized spacial score (nSPS) is 20.0.